The molecule has 0 atom stereocenters. The smallest absolute Gasteiger partial charge is 0.309 e. The van der Waals surface area contributed by atoms with Crippen molar-refractivity contribution >= 4 is 43.6 Å². The molecule has 2 heterocycles. The third kappa shape index (κ3) is 10.7. The molecule has 13 rings (SSSR count). The molecule has 0 unspecified atom stereocenters. The summed E-state index contributed by atoms with van der Waals surface area (Å²) in [6.07, 6.45) is -10.6. The van der Waals surface area contributed by atoms with Crippen molar-refractivity contribution in [1.29, 1.82) is 68.4 Å². The van der Waals surface area contributed by atoms with Crippen molar-refractivity contribution in [2.45, 2.75) is 12.4 Å². The number of rotatable bonds is 8. The van der Waals surface area contributed by atoms with Crippen molar-refractivity contribution in [3.63, 3.8) is 0 Å². The molecule has 2 aromatic heterocycles. The molecule has 0 saturated carbocycles. The summed E-state index contributed by atoms with van der Waals surface area (Å²) < 4.78 is 92.8. The molecule has 0 bridgehead atoms. The van der Waals surface area contributed by atoms with Crippen LogP contribution in [-0.4, -0.2) is 9.13 Å². The molecule has 21 heteroatoms. The molecule has 13 aromatic rings. The van der Waals surface area contributed by atoms with Gasteiger partial charge in [0.05, 0.1) is 196 Å². The van der Waals surface area contributed by atoms with Crippen LogP contribution in [0, 0.1) is 147 Å². The van der Waals surface area contributed by atoms with E-state index in [9.17, 15) is 94.7 Å². The van der Waals surface area contributed by atoms with Crippen LogP contribution in [0.25, 0.3) is 122 Å². The van der Waals surface area contributed by atoms with E-state index in [-0.39, 0.29) is 140 Å². The van der Waals surface area contributed by atoms with E-state index in [1.54, 1.807) is 94.1 Å². The van der Waals surface area contributed by atoms with Crippen LogP contribution in [0.4, 0.5) is 26.3 Å². The van der Waals surface area contributed by atoms with E-state index in [0.29, 0.717) is 66.9 Å². The number of hydrogen-bond donors (Lipinski definition) is 0. The van der Waals surface area contributed by atoms with Crippen molar-refractivity contribution in [3.8, 4) is 157 Å². The zero-order valence-electron chi connectivity index (χ0n) is 51.7. The molecule has 11 aromatic carbocycles. The first-order valence-corrected chi connectivity index (χ1v) is 29.9. The number of alkyl halides is 6. The zero-order chi connectivity index (χ0) is 72.2. The van der Waals surface area contributed by atoms with Crippen LogP contribution < -0.4 is 0 Å². The van der Waals surface area contributed by atoms with Crippen molar-refractivity contribution in [2.75, 3.05) is 0 Å². The molecule has 15 nitrogen and oxygen atoms in total. The molecule has 0 amide bonds. The predicted molar refractivity (Wildman–Crippen MR) is 359 cm³/mol. The highest BCUT2D eigenvalue weighted by Crippen LogP contribution is 2.48. The summed E-state index contributed by atoms with van der Waals surface area (Å²) in [5, 5.41) is 137. The first-order chi connectivity index (χ1) is 49.2. The lowest BCUT2D eigenvalue weighted by Crippen LogP contribution is -2.11. The molecule has 0 spiro atoms. The third-order valence-electron chi connectivity index (χ3n) is 17.5. The Balaban J connectivity index is 1.19. The summed E-state index contributed by atoms with van der Waals surface area (Å²) in [6, 6.07) is 66.6. The Bertz CT molecular complexity index is 6130. The zero-order valence-corrected chi connectivity index (χ0v) is 51.7. The molecule has 0 aliphatic heterocycles. The topological polar surface area (TPSA) is 319 Å². The summed E-state index contributed by atoms with van der Waals surface area (Å²) in [5.74, 6) is 0. The second-order valence-corrected chi connectivity index (χ2v) is 23.1. The summed E-state index contributed by atoms with van der Waals surface area (Å²) in [4.78, 5) is 0. The van der Waals surface area contributed by atoms with Crippen LogP contribution in [0.3, 0.4) is 0 Å². The van der Waals surface area contributed by atoms with Gasteiger partial charge in [0.15, 0.2) is 0 Å². The van der Waals surface area contributed by atoms with E-state index in [1.165, 1.54) is 72.8 Å². The maximum absolute atomic E-state index is 14.9. The monoisotopic (exact) mass is 1330 g/mol. The quantitative estimate of drug-likeness (QED) is 0.128. The van der Waals surface area contributed by atoms with Gasteiger partial charge in [0.25, 0.3) is 0 Å². The van der Waals surface area contributed by atoms with Crippen LogP contribution in [0.2, 0.25) is 0 Å². The number of halogens is 6. The highest BCUT2D eigenvalue weighted by Gasteiger charge is 2.38. The fourth-order valence-corrected chi connectivity index (χ4v) is 13.3. The van der Waals surface area contributed by atoms with Crippen molar-refractivity contribution in [1.82, 2.24) is 9.13 Å². The van der Waals surface area contributed by atoms with Crippen LogP contribution in [0.15, 0.2) is 176 Å². The first kappa shape index (κ1) is 64.7. The largest absolute Gasteiger partial charge is 0.416 e. The molecule has 470 valence electrons. The van der Waals surface area contributed by atoms with Gasteiger partial charge in [-0.15, -0.1) is 0 Å². The summed E-state index contributed by atoms with van der Waals surface area (Å²) in [7, 11) is 0. The number of nitrogens with zero attached hydrogens (tertiary/aromatic N) is 15. The molecule has 0 saturated heterocycles. The lowest BCUT2D eigenvalue weighted by Gasteiger charge is -2.21. The Morgan fingerprint density at radius 1 is 0.235 bits per heavy atom. The highest BCUT2D eigenvalue weighted by atomic mass is 19.4. The number of hydrogen-bond acceptors (Lipinski definition) is 13. The van der Waals surface area contributed by atoms with Crippen LogP contribution in [0.1, 0.15) is 83.5 Å². The van der Waals surface area contributed by atoms with E-state index in [4.69, 9.17) is 0 Å². The van der Waals surface area contributed by atoms with Gasteiger partial charge in [0, 0.05) is 54.9 Å². The van der Waals surface area contributed by atoms with E-state index in [0.717, 1.165) is 0 Å². The Hall–Kier alpha value is -16.0. The van der Waals surface area contributed by atoms with Gasteiger partial charge in [-0.1, -0.05) is 36.4 Å². The van der Waals surface area contributed by atoms with Crippen LogP contribution >= 0.6 is 0 Å². The van der Waals surface area contributed by atoms with Gasteiger partial charge in [-0.05, 0) is 173 Å². The van der Waals surface area contributed by atoms with Gasteiger partial charge >= 0.3 is 12.4 Å². The molecular formula is C81H29F6N15. The minimum absolute atomic E-state index is 0.00174. The molecule has 0 radical (unpaired) electrons. The first-order valence-electron chi connectivity index (χ1n) is 29.9. The average molecular weight is 1330 g/mol. The molecule has 0 N–H and O–H groups in total. The maximum atomic E-state index is 14.9. The number of nitriles is 13. The fraction of sp³-hybridized carbons (Fsp3) is 0.0247. The predicted octanol–water partition coefficient (Wildman–Crippen LogP) is 18.3. The van der Waals surface area contributed by atoms with E-state index in [2.05, 4.69) is 54.6 Å². The molecule has 102 heavy (non-hydrogen) atoms. The highest BCUT2D eigenvalue weighted by molar-refractivity contribution is 6.15. The number of fused-ring (bicyclic) bond motifs is 6. The van der Waals surface area contributed by atoms with Crippen LogP contribution in [0.5, 0.6) is 0 Å². The Labute approximate surface area is 573 Å². The minimum Gasteiger partial charge on any atom is -0.309 e. The molecule has 0 aliphatic carbocycles. The minimum atomic E-state index is -5.30. The van der Waals surface area contributed by atoms with Gasteiger partial charge in [-0.25, -0.2) is 0 Å². The van der Waals surface area contributed by atoms with Gasteiger partial charge in [0.1, 0.15) is 0 Å². The number of benzene rings is 11. The van der Waals surface area contributed by atoms with Gasteiger partial charge < -0.3 is 9.13 Å². The van der Waals surface area contributed by atoms with Gasteiger partial charge in [-0.3, -0.25) is 0 Å². The summed E-state index contributed by atoms with van der Waals surface area (Å²) in [5.41, 5.74) is -1.09. The molecule has 0 aliphatic rings. The molecular weight excluding hydrogens is 1300 g/mol. The Morgan fingerprint density at radius 2 is 0.520 bits per heavy atom. The Morgan fingerprint density at radius 3 is 0.794 bits per heavy atom. The third-order valence-corrected chi connectivity index (χ3v) is 17.5. The van der Waals surface area contributed by atoms with Gasteiger partial charge in [-0.2, -0.15) is 94.7 Å². The Kier molecular flexibility index (Phi) is 15.8. The van der Waals surface area contributed by atoms with Crippen molar-refractivity contribution in [2.24, 2.45) is 0 Å². The second kappa shape index (κ2) is 24.9. The van der Waals surface area contributed by atoms with E-state index in [1.807, 2.05) is 24.3 Å². The van der Waals surface area contributed by atoms with E-state index < -0.39 is 29.0 Å². The standard InChI is InChI=1S/C81H29F6N15/c82-80(83,84)62-22-53(23-63(29-62)81(85,86)87)47-4-9-73(101-69-10-5-48(75-54(35-93)14-43(30-88)15-55(75)36-94)25-64(69)65-26-49(6-11-70(65)101)76-56(37-95)16-44(31-89)17-57(76)38-96)68(24-47)79-52(34-92)2-1-3-74(79)102-71-12-7-50(77-58(39-97)18-45(32-90)19-59(77)40-98)27-66(71)67-28-51(8-13-72(67)102)78-60(41-99)20-46(33-91)21-61(78)42-100/h1-29H. The normalized spacial score (nSPS) is 10.9. The van der Waals surface area contributed by atoms with Crippen LogP contribution in [-0.2, 0) is 12.4 Å². The SMILES string of the molecule is N#Cc1cc(C#N)c(-c2ccc3c(c2)c2cc(-c4c(C#N)cc(C#N)cc4C#N)ccc2n3-c2ccc(-c3cc(C(F)(F)F)cc(C(F)(F)F)c3)cc2-c2c(C#N)cccc2-n2c3ccc(-c4c(C#N)cc(C#N)cc4C#N)cc3c3cc(-c4c(C#N)cc(C#N)cc4C#N)ccc32)c(C#N)c1. The van der Waals surface area contributed by atoms with E-state index >= 15 is 0 Å². The van der Waals surface area contributed by atoms with Crippen molar-refractivity contribution in [3.05, 3.63) is 259 Å². The summed E-state index contributed by atoms with van der Waals surface area (Å²) in [6.45, 7) is 0. The van der Waals surface area contributed by atoms with Gasteiger partial charge in [0.2, 0.25) is 0 Å². The lowest BCUT2D eigenvalue weighted by atomic mass is 9.91. The second-order valence-electron chi connectivity index (χ2n) is 23.1. The average Bonchev–Trinajstić information content (AvgIpc) is 1.51. The fourth-order valence-electron chi connectivity index (χ4n) is 13.3. The molecule has 0 fully saturated rings. The number of aromatic nitrogens is 2. The summed E-state index contributed by atoms with van der Waals surface area (Å²) >= 11 is 0. The maximum Gasteiger partial charge on any atom is 0.416 e. The lowest BCUT2D eigenvalue weighted by molar-refractivity contribution is -0.143. The van der Waals surface area contributed by atoms with Crippen molar-refractivity contribution < 1.29 is 26.3 Å².